The van der Waals surface area contributed by atoms with E-state index in [-0.39, 0.29) is 24.4 Å². The van der Waals surface area contributed by atoms with Crippen LogP contribution in [0.2, 0.25) is 0 Å². The van der Waals surface area contributed by atoms with Crippen LogP contribution in [0.4, 0.5) is 0 Å². The van der Waals surface area contributed by atoms with Gasteiger partial charge in [0.05, 0.1) is 24.4 Å². The maximum atomic E-state index is 6.63. The van der Waals surface area contributed by atoms with Gasteiger partial charge < -0.3 is 18.9 Å². The lowest BCUT2D eigenvalue weighted by Crippen LogP contribution is -2.14. The van der Waals surface area contributed by atoms with Crippen molar-refractivity contribution in [3.8, 4) is 23.0 Å². The summed E-state index contributed by atoms with van der Waals surface area (Å²) < 4.78 is 27.5. The van der Waals surface area contributed by atoms with Crippen molar-refractivity contribution < 1.29 is 18.9 Å². The number of para-hydroxylation sites is 3. The second-order valence-corrected chi connectivity index (χ2v) is 14.1. The Bertz CT molecular complexity index is 1530. The molecular formula is C40H47BrO4. The first kappa shape index (κ1) is 32.9. The molecule has 45 heavy (non-hydrogen) atoms. The topological polar surface area (TPSA) is 36.9 Å². The zero-order valence-corrected chi connectivity index (χ0v) is 29.6. The molecule has 0 spiro atoms. The van der Waals surface area contributed by atoms with Gasteiger partial charge in [0.1, 0.15) is 23.0 Å². The molecule has 1 aliphatic carbocycles. The third-order valence-corrected chi connectivity index (χ3v) is 8.14. The second kappa shape index (κ2) is 14.3. The van der Waals surface area contributed by atoms with Gasteiger partial charge in [-0.15, -0.1) is 0 Å². The van der Waals surface area contributed by atoms with Crippen LogP contribution in [0.5, 0.6) is 23.0 Å². The number of hydrogen-bond acceptors (Lipinski definition) is 4. The largest absolute Gasteiger partial charge is 0.490 e. The third kappa shape index (κ3) is 8.05. The van der Waals surface area contributed by atoms with E-state index in [4.69, 9.17) is 18.9 Å². The van der Waals surface area contributed by atoms with Crippen molar-refractivity contribution >= 4 is 15.9 Å². The van der Waals surface area contributed by atoms with Gasteiger partial charge in [-0.2, -0.15) is 0 Å². The molecule has 0 unspecified atom stereocenters. The maximum Gasteiger partial charge on any atom is 0.126 e. The minimum atomic E-state index is 0.0223. The minimum absolute atomic E-state index is 0.0223. The Kier molecular flexibility index (Phi) is 10.5. The highest BCUT2D eigenvalue weighted by Gasteiger charge is 2.23. The van der Waals surface area contributed by atoms with Gasteiger partial charge in [-0.25, -0.2) is 0 Å². The lowest BCUT2D eigenvalue weighted by Gasteiger charge is -2.25. The highest BCUT2D eigenvalue weighted by molar-refractivity contribution is 9.10. The summed E-state index contributed by atoms with van der Waals surface area (Å²) >= 11 is 3.84. The van der Waals surface area contributed by atoms with E-state index in [1.807, 2.05) is 0 Å². The average molecular weight is 672 g/mol. The summed E-state index contributed by atoms with van der Waals surface area (Å²) in [6.45, 7) is 16.7. The molecule has 8 bridgehead atoms. The molecule has 4 aromatic carbocycles. The van der Waals surface area contributed by atoms with Crippen molar-refractivity contribution in [3.05, 3.63) is 116 Å². The molecule has 0 N–H and O–H groups in total. The highest BCUT2D eigenvalue weighted by Crippen LogP contribution is 2.40. The Labute approximate surface area is 278 Å². The molecule has 0 aromatic heterocycles. The van der Waals surface area contributed by atoms with Crippen LogP contribution in [0.3, 0.4) is 0 Å². The summed E-state index contributed by atoms with van der Waals surface area (Å²) in [5, 5.41) is 0. The first-order valence-electron chi connectivity index (χ1n) is 16.3. The van der Waals surface area contributed by atoms with Crippen LogP contribution in [0, 0.1) is 0 Å². The van der Waals surface area contributed by atoms with Crippen molar-refractivity contribution in [2.45, 2.75) is 105 Å². The summed E-state index contributed by atoms with van der Waals surface area (Å²) in [5.74, 6) is 3.76. The van der Waals surface area contributed by atoms with Crippen LogP contribution >= 0.6 is 15.9 Å². The molecule has 0 aliphatic heterocycles. The van der Waals surface area contributed by atoms with Crippen molar-refractivity contribution in [1.82, 2.24) is 0 Å². The van der Waals surface area contributed by atoms with Crippen molar-refractivity contribution in [2.24, 2.45) is 0 Å². The fourth-order valence-corrected chi connectivity index (χ4v) is 6.65. The number of fused-ring (bicyclic) bond motifs is 8. The van der Waals surface area contributed by atoms with Crippen LogP contribution in [0.15, 0.2) is 71.2 Å². The molecule has 0 radical (unpaired) electrons. The van der Waals surface area contributed by atoms with Gasteiger partial charge >= 0.3 is 0 Å². The summed E-state index contributed by atoms with van der Waals surface area (Å²) in [7, 11) is 0. The van der Waals surface area contributed by atoms with Crippen molar-refractivity contribution in [2.75, 3.05) is 0 Å². The summed E-state index contributed by atoms with van der Waals surface area (Å²) in [6, 6.07) is 23.9. The molecular weight excluding hydrogens is 624 g/mol. The molecule has 0 heterocycles. The first-order valence-corrected chi connectivity index (χ1v) is 17.1. The average Bonchev–Trinajstić information content (AvgIpc) is 2.94. The smallest absolute Gasteiger partial charge is 0.126 e. The van der Waals surface area contributed by atoms with Crippen LogP contribution in [0.1, 0.15) is 99.9 Å². The number of hydrogen-bond donors (Lipinski definition) is 0. The molecule has 1 aliphatic rings. The number of rotatable bonds is 8. The van der Waals surface area contributed by atoms with E-state index in [1.165, 1.54) is 0 Å². The lowest BCUT2D eigenvalue weighted by molar-refractivity contribution is 0.233. The van der Waals surface area contributed by atoms with E-state index < -0.39 is 0 Å². The van der Waals surface area contributed by atoms with Crippen molar-refractivity contribution in [3.63, 3.8) is 0 Å². The molecule has 0 saturated heterocycles. The second-order valence-electron chi connectivity index (χ2n) is 13.1. The van der Waals surface area contributed by atoms with Crippen molar-refractivity contribution in [1.29, 1.82) is 0 Å². The molecule has 0 atom stereocenters. The van der Waals surface area contributed by atoms with Gasteiger partial charge in [0.25, 0.3) is 0 Å². The molecule has 4 aromatic rings. The van der Waals surface area contributed by atoms with Gasteiger partial charge in [-0.05, 0) is 101 Å². The molecule has 5 rings (SSSR count). The minimum Gasteiger partial charge on any atom is -0.490 e. The summed E-state index contributed by atoms with van der Waals surface area (Å²) in [6.07, 6.45) is 2.86. The SMILES string of the molecule is CC(C)Oc1c2cccc1Cc1cccc(c1OC(C)C)Cc1cc(Br)cc(c1OC(C)C)Cc1cccc(c1OC(C)C)C2. The maximum absolute atomic E-state index is 6.63. The molecule has 238 valence electrons. The Morgan fingerprint density at radius 3 is 0.867 bits per heavy atom. The van der Waals surface area contributed by atoms with E-state index in [9.17, 15) is 0 Å². The number of benzene rings is 4. The Morgan fingerprint density at radius 2 is 0.622 bits per heavy atom. The number of ether oxygens (including phenoxy) is 4. The van der Waals surface area contributed by atoms with Crippen LogP contribution < -0.4 is 18.9 Å². The quantitative estimate of drug-likeness (QED) is 0.165. The zero-order chi connectivity index (χ0) is 32.2. The molecule has 5 heteroatoms. The van der Waals surface area contributed by atoms with Gasteiger partial charge in [-0.3, -0.25) is 0 Å². The van der Waals surface area contributed by atoms with E-state index in [0.717, 1.165) is 72.0 Å². The van der Waals surface area contributed by atoms with Gasteiger partial charge in [0.2, 0.25) is 0 Å². The highest BCUT2D eigenvalue weighted by atomic mass is 79.9. The summed E-state index contributed by atoms with van der Waals surface area (Å²) in [5.41, 5.74) is 9.11. The van der Waals surface area contributed by atoms with E-state index in [1.54, 1.807) is 0 Å². The molecule has 4 nitrogen and oxygen atoms in total. The Hall–Kier alpha value is -3.44. The third-order valence-electron chi connectivity index (χ3n) is 7.68. The van der Waals surface area contributed by atoms with Crippen LogP contribution in [0.25, 0.3) is 0 Å². The van der Waals surface area contributed by atoms with E-state index >= 15 is 0 Å². The van der Waals surface area contributed by atoms with Crippen LogP contribution in [-0.2, 0) is 25.7 Å². The molecule has 0 saturated carbocycles. The monoisotopic (exact) mass is 670 g/mol. The first-order chi connectivity index (χ1) is 21.5. The van der Waals surface area contributed by atoms with E-state index in [0.29, 0.717) is 25.7 Å². The Balaban J connectivity index is 1.81. The van der Waals surface area contributed by atoms with E-state index in [2.05, 4.69) is 138 Å². The zero-order valence-electron chi connectivity index (χ0n) is 28.0. The van der Waals surface area contributed by atoms with Gasteiger partial charge in [-0.1, -0.05) is 70.5 Å². The van der Waals surface area contributed by atoms with Crippen LogP contribution in [-0.4, -0.2) is 24.4 Å². The standard InChI is InChI=1S/C40H47BrO4/c1-24(2)42-37-28-12-9-13-29(37)19-31-15-11-17-33(39(31)44-26(5)6)21-35-23-36(41)22-34(40(35)45-27(7)8)20-32-16-10-14-30(18-28)38(32)43-25(3)4/h9-17,22-27H,18-21H2,1-8H3. The predicted molar refractivity (Wildman–Crippen MR) is 188 cm³/mol. The predicted octanol–water partition coefficient (Wildman–Crippen LogP) is 10.3. The fraction of sp³-hybridized carbons (Fsp3) is 0.400. The summed E-state index contributed by atoms with van der Waals surface area (Å²) in [4.78, 5) is 0. The lowest BCUT2D eigenvalue weighted by atomic mass is 9.91. The van der Waals surface area contributed by atoms with Gasteiger partial charge in [0.15, 0.2) is 0 Å². The number of halogens is 1. The molecule has 0 amide bonds. The van der Waals surface area contributed by atoms with Gasteiger partial charge in [0, 0.05) is 41.3 Å². The Morgan fingerprint density at radius 1 is 0.400 bits per heavy atom. The molecule has 0 fully saturated rings. The normalized spacial score (nSPS) is 13.0. The fourth-order valence-electron chi connectivity index (χ4n) is 6.09.